The number of ether oxygens (including phenoxy) is 1. The number of carboxylic acids is 1. The summed E-state index contributed by atoms with van der Waals surface area (Å²) in [6.45, 7) is 0. The van der Waals surface area contributed by atoms with E-state index in [4.69, 9.17) is 9.84 Å². The molecule has 0 bridgehead atoms. The van der Waals surface area contributed by atoms with E-state index in [1.54, 1.807) is 12.1 Å². The highest BCUT2D eigenvalue weighted by molar-refractivity contribution is 5.94. The van der Waals surface area contributed by atoms with Crippen LogP contribution < -0.4 is 10.1 Å². The predicted molar refractivity (Wildman–Crippen MR) is 96.6 cm³/mol. The third-order valence-electron chi connectivity index (χ3n) is 3.65. The Labute approximate surface area is 149 Å². The topological polar surface area (TPSA) is 95.9 Å². The number of nitrogens with one attached hydrogen (secondary N) is 1. The molecule has 26 heavy (non-hydrogen) atoms. The smallest absolute Gasteiger partial charge is 0.417 e. The number of phenols is 1. The Hall–Kier alpha value is -3.80. The lowest BCUT2D eigenvalue weighted by Crippen LogP contribution is -2.17. The molecule has 0 unspecified atom stereocenters. The standard InChI is InChI=1S/C20H15NO5/c22-18-11-8-15(12-17(18)19(23)24)21-20(25)26-16-9-6-14(7-10-16)13-4-2-1-3-5-13/h1-12,22H,(H,21,25)(H,23,24). The van der Waals surface area contributed by atoms with Gasteiger partial charge in [0.2, 0.25) is 0 Å². The van der Waals surface area contributed by atoms with Crippen LogP contribution in [0.3, 0.4) is 0 Å². The molecular formula is C20H15NO5. The zero-order valence-corrected chi connectivity index (χ0v) is 13.5. The molecule has 1 amide bonds. The van der Waals surface area contributed by atoms with E-state index in [1.807, 2.05) is 42.5 Å². The van der Waals surface area contributed by atoms with Crippen molar-refractivity contribution in [3.63, 3.8) is 0 Å². The molecule has 0 fully saturated rings. The maximum Gasteiger partial charge on any atom is 0.417 e. The summed E-state index contributed by atoms with van der Waals surface area (Å²) in [5.41, 5.74) is 1.93. The molecule has 0 atom stereocenters. The Morgan fingerprint density at radius 3 is 2.15 bits per heavy atom. The van der Waals surface area contributed by atoms with Gasteiger partial charge in [-0.15, -0.1) is 0 Å². The zero-order valence-electron chi connectivity index (χ0n) is 13.5. The molecule has 0 saturated heterocycles. The summed E-state index contributed by atoms with van der Waals surface area (Å²) in [6.07, 6.45) is -0.764. The van der Waals surface area contributed by atoms with Gasteiger partial charge in [0, 0.05) is 5.69 Å². The maximum absolute atomic E-state index is 12.0. The second kappa shape index (κ2) is 7.40. The summed E-state index contributed by atoms with van der Waals surface area (Å²) in [5, 5.41) is 20.9. The molecule has 0 saturated carbocycles. The molecular weight excluding hydrogens is 334 g/mol. The van der Waals surface area contributed by atoms with Crippen LogP contribution in [0.15, 0.2) is 72.8 Å². The van der Waals surface area contributed by atoms with Crippen molar-refractivity contribution in [2.75, 3.05) is 5.32 Å². The van der Waals surface area contributed by atoms with E-state index < -0.39 is 12.1 Å². The summed E-state index contributed by atoms with van der Waals surface area (Å²) in [4.78, 5) is 23.0. The molecule has 0 heterocycles. The summed E-state index contributed by atoms with van der Waals surface area (Å²) in [6, 6.07) is 20.5. The first-order chi connectivity index (χ1) is 12.5. The molecule has 130 valence electrons. The van der Waals surface area contributed by atoms with E-state index in [0.29, 0.717) is 5.75 Å². The van der Waals surface area contributed by atoms with Gasteiger partial charge in [0.05, 0.1) is 0 Å². The van der Waals surface area contributed by atoms with Crippen LogP contribution in [0.5, 0.6) is 11.5 Å². The van der Waals surface area contributed by atoms with Crippen molar-refractivity contribution >= 4 is 17.7 Å². The van der Waals surface area contributed by atoms with Crippen LogP contribution in [0, 0.1) is 0 Å². The van der Waals surface area contributed by atoms with E-state index in [2.05, 4.69) is 5.32 Å². The Morgan fingerprint density at radius 2 is 1.50 bits per heavy atom. The number of aromatic hydroxyl groups is 1. The molecule has 3 rings (SSSR count). The van der Waals surface area contributed by atoms with Crippen molar-refractivity contribution < 1.29 is 24.5 Å². The molecule has 0 spiro atoms. The number of benzene rings is 3. The minimum absolute atomic E-state index is 0.200. The molecule has 3 N–H and O–H groups in total. The molecule has 0 aliphatic carbocycles. The highest BCUT2D eigenvalue weighted by Crippen LogP contribution is 2.24. The van der Waals surface area contributed by atoms with Crippen LogP contribution in [0.1, 0.15) is 10.4 Å². The van der Waals surface area contributed by atoms with Crippen molar-refractivity contribution in [3.05, 3.63) is 78.4 Å². The first-order valence-electron chi connectivity index (χ1n) is 7.73. The monoisotopic (exact) mass is 349 g/mol. The van der Waals surface area contributed by atoms with Crippen LogP contribution in [-0.2, 0) is 0 Å². The number of amides is 1. The fourth-order valence-corrected chi connectivity index (χ4v) is 2.38. The molecule has 0 aliphatic heterocycles. The van der Waals surface area contributed by atoms with Gasteiger partial charge in [-0.3, -0.25) is 5.32 Å². The minimum atomic E-state index is -1.30. The second-order valence-corrected chi connectivity index (χ2v) is 5.44. The Kier molecular flexibility index (Phi) is 4.85. The highest BCUT2D eigenvalue weighted by atomic mass is 16.6. The lowest BCUT2D eigenvalue weighted by molar-refractivity contribution is 0.0693. The molecule has 6 heteroatoms. The Bertz CT molecular complexity index is 936. The third kappa shape index (κ3) is 3.99. The molecule has 3 aromatic rings. The lowest BCUT2D eigenvalue weighted by Gasteiger charge is -2.09. The quantitative estimate of drug-likeness (QED) is 0.608. The number of hydrogen-bond donors (Lipinski definition) is 3. The van der Waals surface area contributed by atoms with Gasteiger partial charge in [0.1, 0.15) is 17.1 Å². The average molecular weight is 349 g/mol. The number of hydrogen-bond acceptors (Lipinski definition) is 4. The van der Waals surface area contributed by atoms with E-state index >= 15 is 0 Å². The first kappa shape index (κ1) is 17.0. The fraction of sp³-hybridized carbons (Fsp3) is 0. The van der Waals surface area contributed by atoms with Crippen LogP contribution in [0.25, 0.3) is 11.1 Å². The number of carbonyl (C=O) groups excluding carboxylic acids is 1. The van der Waals surface area contributed by atoms with Gasteiger partial charge >= 0.3 is 12.1 Å². The SMILES string of the molecule is O=C(Nc1ccc(O)c(C(=O)O)c1)Oc1ccc(-c2ccccc2)cc1. The van der Waals surface area contributed by atoms with Crippen molar-refractivity contribution in [2.45, 2.75) is 0 Å². The third-order valence-corrected chi connectivity index (χ3v) is 3.65. The Balaban J connectivity index is 1.67. The number of carboxylic acid groups (broad SMARTS) is 1. The lowest BCUT2D eigenvalue weighted by atomic mass is 10.1. The number of anilines is 1. The van der Waals surface area contributed by atoms with Crippen molar-refractivity contribution in [1.82, 2.24) is 0 Å². The molecule has 3 aromatic carbocycles. The van der Waals surface area contributed by atoms with Crippen molar-refractivity contribution in [3.8, 4) is 22.6 Å². The fourth-order valence-electron chi connectivity index (χ4n) is 2.38. The summed E-state index contributed by atoms with van der Waals surface area (Å²) in [5.74, 6) is -1.33. The van der Waals surface area contributed by atoms with E-state index in [0.717, 1.165) is 17.2 Å². The molecule has 0 radical (unpaired) electrons. The Morgan fingerprint density at radius 1 is 0.846 bits per heavy atom. The van der Waals surface area contributed by atoms with Gasteiger partial charge in [0.15, 0.2) is 0 Å². The largest absolute Gasteiger partial charge is 0.507 e. The van der Waals surface area contributed by atoms with Gasteiger partial charge in [-0.05, 0) is 41.5 Å². The van der Waals surface area contributed by atoms with Gasteiger partial charge in [-0.25, -0.2) is 9.59 Å². The van der Waals surface area contributed by atoms with Gasteiger partial charge < -0.3 is 14.9 Å². The van der Waals surface area contributed by atoms with Crippen LogP contribution in [-0.4, -0.2) is 22.3 Å². The summed E-state index contributed by atoms with van der Waals surface area (Å²) < 4.78 is 5.18. The summed E-state index contributed by atoms with van der Waals surface area (Å²) >= 11 is 0. The minimum Gasteiger partial charge on any atom is -0.507 e. The van der Waals surface area contributed by atoms with Crippen molar-refractivity contribution in [2.24, 2.45) is 0 Å². The highest BCUT2D eigenvalue weighted by Gasteiger charge is 2.12. The number of aromatic carboxylic acids is 1. The molecule has 0 aromatic heterocycles. The first-order valence-corrected chi connectivity index (χ1v) is 7.73. The van der Waals surface area contributed by atoms with E-state index in [9.17, 15) is 14.7 Å². The van der Waals surface area contributed by atoms with E-state index in [1.165, 1.54) is 12.1 Å². The second-order valence-electron chi connectivity index (χ2n) is 5.44. The van der Waals surface area contributed by atoms with Crippen LogP contribution in [0.2, 0.25) is 0 Å². The summed E-state index contributed by atoms with van der Waals surface area (Å²) in [7, 11) is 0. The van der Waals surface area contributed by atoms with Gasteiger partial charge in [-0.1, -0.05) is 42.5 Å². The van der Waals surface area contributed by atoms with Crippen LogP contribution in [0.4, 0.5) is 10.5 Å². The van der Waals surface area contributed by atoms with Gasteiger partial charge in [0.25, 0.3) is 0 Å². The maximum atomic E-state index is 12.0. The zero-order chi connectivity index (χ0) is 18.5. The van der Waals surface area contributed by atoms with E-state index in [-0.39, 0.29) is 17.0 Å². The normalized spacial score (nSPS) is 10.2. The molecule has 6 nitrogen and oxygen atoms in total. The van der Waals surface area contributed by atoms with Crippen molar-refractivity contribution in [1.29, 1.82) is 0 Å². The molecule has 0 aliphatic rings. The predicted octanol–water partition coefficient (Wildman–Crippen LogP) is 4.37. The number of rotatable bonds is 4. The van der Waals surface area contributed by atoms with Gasteiger partial charge in [-0.2, -0.15) is 0 Å². The number of carbonyl (C=O) groups is 2. The van der Waals surface area contributed by atoms with Crippen LogP contribution >= 0.6 is 0 Å². The average Bonchev–Trinajstić information content (AvgIpc) is 2.64.